The highest BCUT2D eigenvalue weighted by Gasteiger charge is 2.11. The zero-order valence-electron chi connectivity index (χ0n) is 13.4. The van der Waals surface area contributed by atoms with Crippen LogP contribution in [0.25, 0.3) is 27.9 Å². The Kier molecular flexibility index (Phi) is 4.23. The van der Waals surface area contributed by atoms with Gasteiger partial charge in [0.25, 0.3) is 0 Å². The Morgan fingerprint density at radius 1 is 0.960 bits per heavy atom. The first-order chi connectivity index (χ1) is 11.6. The van der Waals surface area contributed by atoms with Gasteiger partial charge in [-0.05, 0) is 32.0 Å². The highest BCUT2D eigenvalue weighted by atomic mass is 16.4. The molecule has 5 heteroatoms. The maximum atomic E-state index is 11.7. The largest absolute Gasteiger partial charge is 0.422 e. The van der Waals surface area contributed by atoms with E-state index in [1.807, 2.05) is 55.5 Å². The van der Waals surface area contributed by atoms with Gasteiger partial charge in [-0.1, -0.05) is 37.8 Å². The highest BCUT2D eigenvalue weighted by Crippen LogP contribution is 2.22. The first-order valence-electron chi connectivity index (χ1n) is 7.66. The monoisotopic (exact) mass is 333 g/mol. The summed E-state index contributed by atoms with van der Waals surface area (Å²) < 4.78 is 5.35. The van der Waals surface area contributed by atoms with Crippen molar-refractivity contribution in [3.8, 4) is 16.9 Å². The van der Waals surface area contributed by atoms with Crippen LogP contribution in [0, 0.1) is 13.8 Å². The van der Waals surface area contributed by atoms with Gasteiger partial charge >= 0.3 is 5.63 Å². The van der Waals surface area contributed by atoms with Gasteiger partial charge in [-0.15, -0.1) is 5.10 Å². The Labute approximate surface area is 145 Å². The van der Waals surface area contributed by atoms with Crippen molar-refractivity contribution in [3.05, 3.63) is 76.3 Å². The van der Waals surface area contributed by atoms with Crippen molar-refractivity contribution in [1.82, 2.24) is 15.0 Å². The molecule has 2 heterocycles. The van der Waals surface area contributed by atoms with Crippen LogP contribution in [0.1, 0.15) is 18.7 Å². The molecule has 5 nitrogen and oxygen atoms in total. The smallest absolute Gasteiger partial charge is 0.339 e. The summed E-state index contributed by atoms with van der Waals surface area (Å²) in [5.74, 6) is 0. The van der Waals surface area contributed by atoms with Crippen molar-refractivity contribution in [1.29, 1.82) is 0 Å². The van der Waals surface area contributed by atoms with E-state index in [0.717, 1.165) is 28.0 Å². The van der Waals surface area contributed by atoms with E-state index in [1.165, 1.54) is 0 Å². The zero-order valence-corrected chi connectivity index (χ0v) is 13.4. The zero-order chi connectivity index (χ0) is 16.7. The fourth-order valence-corrected chi connectivity index (χ4v) is 2.68. The van der Waals surface area contributed by atoms with Crippen molar-refractivity contribution in [3.63, 3.8) is 0 Å². The van der Waals surface area contributed by atoms with Crippen LogP contribution in [0.2, 0.25) is 0 Å². The molecular formula is C20H19N3O2. The van der Waals surface area contributed by atoms with Gasteiger partial charge in [-0.2, -0.15) is 9.90 Å². The number of aromatic nitrogens is 3. The van der Waals surface area contributed by atoms with E-state index in [4.69, 9.17) is 4.42 Å². The number of aryl methyl sites for hydroxylation is 2. The molecule has 0 spiro atoms. The number of hydrogen-bond donors (Lipinski definition) is 0. The Balaban J connectivity index is 0.00000182. The van der Waals surface area contributed by atoms with Gasteiger partial charge < -0.3 is 4.42 Å². The lowest BCUT2D eigenvalue weighted by molar-refractivity contribution is 0.554. The van der Waals surface area contributed by atoms with E-state index in [9.17, 15) is 4.79 Å². The average molecular weight is 333 g/mol. The molecule has 0 aliphatic rings. The Hall–Kier alpha value is -3.21. The second kappa shape index (κ2) is 6.36. The first kappa shape index (κ1) is 16.6. The molecule has 0 saturated carbocycles. The molecule has 0 aliphatic heterocycles. The molecule has 0 amide bonds. The molecule has 0 N–H and O–H groups in total. The molecule has 4 rings (SSSR count). The fourth-order valence-electron chi connectivity index (χ4n) is 2.68. The van der Waals surface area contributed by atoms with E-state index in [1.54, 1.807) is 17.8 Å². The molecule has 0 unspecified atom stereocenters. The third kappa shape index (κ3) is 2.96. The molecule has 0 bridgehead atoms. The SMILES string of the molecule is C.Cc1nn(-c2ccc3cc(C)c(=O)oc3c2)nc1-c1ccccc1. The number of benzene rings is 2. The Bertz CT molecular complexity index is 1100. The van der Waals surface area contributed by atoms with Crippen LogP contribution < -0.4 is 5.63 Å². The quantitative estimate of drug-likeness (QED) is 0.513. The molecule has 0 atom stereocenters. The second-order valence-electron chi connectivity index (χ2n) is 5.73. The molecule has 2 aromatic carbocycles. The normalized spacial score (nSPS) is 10.6. The average Bonchev–Trinajstić information content (AvgIpc) is 2.98. The minimum absolute atomic E-state index is 0. The molecule has 25 heavy (non-hydrogen) atoms. The van der Waals surface area contributed by atoms with E-state index >= 15 is 0 Å². The van der Waals surface area contributed by atoms with Crippen LogP contribution in [-0.4, -0.2) is 15.0 Å². The van der Waals surface area contributed by atoms with E-state index in [0.29, 0.717) is 11.1 Å². The van der Waals surface area contributed by atoms with E-state index < -0.39 is 0 Å². The highest BCUT2D eigenvalue weighted by molar-refractivity contribution is 5.79. The molecule has 0 saturated heterocycles. The van der Waals surface area contributed by atoms with Crippen LogP contribution >= 0.6 is 0 Å². The predicted molar refractivity (Wildman–Crippen MR) is 99.0 cm³/mol. The van der Waals surface area contributed by atoms with Gasteiger partial charge in [0.2, 0.25) is 0 Å². The summed E-state index contributed by atoms with van der Waals surface area (Å²) in [4.78, 5) is 13.3. The summed E-state index contributed by atoms with van der Waals surface area (Å²) >= 11 is 0. The van der Waals surface area contributed by atoms with E-state index in [2.05, 4.69) is 10.2 Å². The van der Waals surface area contributed by atoms with Crippen molar-refractivity contribution in [2.45, 2.75) is 21.3 Å². The summed E-state index contributed by atoms with van der Waals surface area (Å²) in [6.07, 6.45) is 0. The van der Waals surface area contributed by atoms with Crippen LogP contribution in [-0.2, 0) is 0 Å². The van der Waals surface area contributed by atoms with Gasteiger partial charge in [-0.25, -0.2) is 4.79 Å². The van der Waals surface area contributed by atoms with Gasteiger partial charge in [-0.3, -0.25) is 0 Å². The van der Waals surface area contributed by atoms with Gasteiger partial charge in [0.1, 0.15) is 11.3 Å². The van der Waals surface area contributed by atoms with Crippen LogP contribution in [0.3, 0.4) is 0 Å². The summed E-state index contributed by atoms with van der Waals surface area (Å²) in [6, 6.07) is 17.3. The van der Waals surface area contributed by atoms with Gasteiger partial charge in [0.05, 0.1) is 11.4 Å². The Morgan fingerprint density at radius 2 is 1.72 bits per heavy atom. The van der Waals surface area contributed by atoms with Gasteiger partial charge in [0, 0.05) is 22.6 Å². The van der Waals surface area contributed by atoms with Crippen molar-refractivity contribution < 1.29 is 4.42 Å². The molecular weight excluding hydrogens is 314 g/mol. The summed E-state index contributed by atoms with van der Waals surface area (Å²) in [6.45, 7) is 3.67. The fraction of sp³-hybridized carbons (Fsp3) is 0.150. The number of rotatable bonds is 2. The minimum atomic E-state index is -0.325. The van der Waals surface area contributed by atoms with Crippen LogP contribution in [0.15, 0.2) is 63.8 Å². The maximum absolute atomic E-state index is 11.7. The van der Waals surface area contributed by atoms with Crippen LogP contribution in [0.5, 0.6) is 0 Å². The third-order valence-corrected chi connectivity index (χ3v) is 3.95. The lowest BCUT2D eigenvalue weighted by Crippen LogP contribution is -2.03. The molecule has 0 radical (unpaired) electrons. The Morgan fingerprint density at radius 3 is 2.48 bits per heavy atom. The standard InChI is InChI=1S/C19H15N3O2.CH4/c1-12-10-15-8-9-16(11-17(15)24-19(12)23)22-20-13(2)18(21-22)14-6-4-3-5-7-14;/h3-11H,1-2H3;1H4. The lowest BCUT2D eigenvalue weighted by Gasteiger charge is -2.02. The first-order valence-corrected chi connectivity index (χ1v) is 7.66. The predicted octanol–water partition coefficient (Wildman–Crippen LogP) is 4.29. The number of hydrogen-bond acceptors (Lipinski definition) is 4. The summed E-state index contributed by atoms with van der Waals surface area (Å²) in [5.41, 5.74) is 4.24. The molecule has 0 fully saturated rings. The van der Waals surface area contributed by atoms with Gasteiger partial charge in [0.15, 0.2) is 0 Å². The molecule has 0 aliphatic carbocycles. The van der Waals surface area contributed by atoms with Crippen LogP contribution in [0.4, 0.5) is 0 Å². The van der Waals surface area contributed by atoms with Crippen molar-refractivity contribution in [2.24, 2.45) is 0 Å². The maximum Gasteiger partial charge on any atom is 0.339 e. The molecule has 126 valence electrons. The topological polar surface area (TPSA) is 60.9 Å². The number of fused-ring (bicyclic) bond motifs is 1. The molecule has 4 aromatic rings. The minimum Gasteiger partial charge on any atom is -0.422 e. The van der Waals surface area contributed by atoms with Crippen molar-refractivity contribution in [2.75, 3.05) is 0 Å². The van der Waals surface area contributed by atoms with Crippen molar-refractivity contribution >= 4 is 11.0 Å². The molecule has 2 aromatic heterocycles. The third-order valence-electron chi connectivity index (χ3n) is 3.95. The number of nitrogens with zero attached hydrogens (tertiary/aromatic N) is 3. The summed E-state index contributed by atoms with van der Waals surface area (Å²) in [7, 11) is 0. The van der Waals surface area contributed by atoms with E-state index in [-0.39, 0.29) is 13.1 Å². The second-order valence-corrected chi connectivity index (χ2v) is 5.73. The summed E-state index contributed by atoms with van der Waals surface area (Å²) in [5, 5.41) is 9.95. The lowest BCUT2D eigenvalue weighted by atomic mass is 10.1.